The first-order valence-corrected chi connectivity index (χ1v) is 10.0. The smallest absolute Gasteiger partial charge is 0.233 e. The van der Waals surface area contributed by atoms with Crippen molar-refractivity contribution in [2.75, 3.05) is 26.5 Å². The summed E-state index contributed by atoms with van der Waals surface area (Å²) < 4.78 is 7.38. The number of para-hydroxylation sites is 2. The van der Waals surface area contributed by atoms with E-state index in [9.17, 15) is 4.79 Å². The Morgan fingerprint density at radius 3 is 2.84 bits per heavy atom. The summed E-state index contributed by atoms with van der Waals surface area (Å²) in [7, 11) is 3.65. The lowest BCUT2D eigenvalue weighted by Crippen LogP contribution is -2.39. The Labute approximate surface area is 153 Å². The number of benzene rings is 1. The molecular weight excluding hydrogens is 334 g/mol. The Hall–Kier alpha value is -1.53. The maximum absolute atomic E-state index is 12.6. The summed E-state index contributed by atoms with van der Waals surface area (Å²) in [5.41, 5.74) is 2.06. The van der Waals surface area contributed by atoms with Crippen molar-refractivity contribution in [2.24, 2.45) is 0 Å². The van der Waals surface area contributed by atoms with Crippen LogP contribution in [-0.2, 0) is 16.1 Å². The summed E-state index contributed by atoms with van der Waals surface area (Å²) in [4.78, 5) is 19.3. The summed E-state index contributed by atoms with van der Waals surface area (Å²) >= 11 is 1.53. The van der Waals surface area contributed by atoms with Crippen LogP contribution in [0.2, 0.25) is 0 Å². The van der Waals surface area contributed by atoms with Crippen molar-refractivity contribution in [3.05, 3.63) is 24.3 Å². The summed E-state index contributed by atoms with van der Waals surface area (Å²) in [6, 6.07) is 8.50. The predicted octanol–water partition coefficient (Wildman–Crippen LogP) is 3.57. The third kappa shape index (κ3) is 4.36. The molecule has 3 rings (SSSR count). The Bertz CT molecular complexity index is 710. The molecule has 136 valence electrons. The summed E-state index contributed by atoms with van der Waals surface area (Å²) in [5.74, 6) is 0.630. The van der Waals surface area contributed by atoms with E-state index in [-0.39, 0.29) is 5.91 Å². The molecule has 1 aromatic heterocycles. The van der Waals surface area contributed by atoms with Crippen molar-refractivity contribution in [1.82, 2.24) is 14.5 Å². The molecule has 0 unspecified atom stereocenters. The zero-order valence-electron chi connectivity index (χ0n) is 15.1. The van der Waals surface area contributed by atoms with Crippen LogP contribution in [0.4, 0.5) is 0 Å². The lowest BCUT2D eigenvalue weighted by atomic mass is 9.94. The van der Waals surface area contributed by atoms with Crippen LogP contribution in [0.15, 0.2) is 29.4 Å². The number of carbonyl (C=O) groups is 1. The van der Waals surface area contributed by atoms with Gasteiger partial charge in [0.25, 0.3) is 0 Å². The summed E-state index contributed by atoms with van der Waals surface area (Å²) in [6.45, 7) is 1.37. The van der Waals surface area contributed by atoms with Crippen LogP contribution in [0, 0.1) is 0 Å². The third-order valence-electron chi connectivity index (χ3n) is 4.98. The summed E-state index contributed by atoms with van der Waals surface area (Å²) in [6.07, 6.45) is 6.06. The molecular formula is C19H27N3O2S. The van der Waals surface area contributed by atoms with Crippen molar-refractivity contribution in [3.8, 4) is 0 Å². The van der Waals surface area contributed by atoms with E-state index in [1.807, 2.05) is 30.1 Å². The fourth-order valence-corrected chi connectivity index (χ4v) is 4.43. The van der Waals surface area contributed by atoms with Gasteiger partial charge in [-0.1, -0.05) is 43.2 Å². The molecule has 1 saturated carbocycles. The Morgan fingerprint density at radius 1 is 1.32 bits per heavy atom. The van der Waals surface area contributed by atoms with Crippen molar-refractivity contribution in [1.29, 1.82) is 0 Å². The van der Waals surface area contributed by atoms with E-state index in [1.165, 1.54) is 31.0 Å². The molecule has 1 fully saturated rings. The number of carbonyl (C=O) groups excluding carboxylic acids is 1. The predicted molar refractivity (Wildman–Crippen MR) is 102 cm³/mol. The van der Waals surface area contributed by atoms with Gasteiger partial charge in [0.2, 0.25) is 5.91 Å². The lowest BCUT2D eigenvalue weighted by molar-refractivity contribution is -0.129. The molecule has 0 atom stereocenters. The van der Waals surface area contributed by atoms with E-state index in [0.29, 0.717) is 18.4 Å². The van der Waals surface area contributed by atoms with Gasteiger partial charge in [0.05, 0.1) is 23.4 Å². The fourth-order valence-electron chi connectivity index (χ4n) is 3.46. The standard InChI is InChI=1S/C19H27N3O2S/c1-21(15-8-4-3-5-9-15)18(23)14-25-19-20-16-10-6-7-11-17(16)22(19)12-13-24-2/h6-7,10-11,15H,3-5,8-9,12-14H2,1-2H3. The second-order valence-electron chi connectivity index (χ2n) is 6.61. The highest BCUT2D eigenvalue weighted by Gasteiger charge is 2.22. The van der Waals surface area contributed by atoms with Gasteiger partial charge in [0.15, 0.2) is 5.16 Å². The van der Waals surface area contributed by atoms with Gasteiger partial charge in [-0.25, -0.2) is 4.98 Å². The van der Waals surface area contributed by atoms with E-state index in [0.717, 1.165) is 35.6 Å². The topological polar surface area (TPSA) is 47.4 Å². The first kappa shape index (κ1) is 18.3. The number of aromatic nitrogens is 2. The molecule has 0 saturated heterocycles. The van der Waals surface area contributed by atoms with Gasteiger partial charge in [-0.2, -0.15) is 0 Å². The minimum absolute atomic E-state index is 0.197. The molecule has 0 N–H and O–H groups in total. The normalized spacial score (nSPS) is 15.6. The SMILES string of the molecule is COCCn1c(SCC(=O)N(C)C2CCCCC2)nc2ccccc21. The van der Waals surface area contributed by atoms with Crippen molar-refractivity contribution in [2.45, 2.75) is 49.8 Å². The molecule has 1 heterocycles. The molecule has 0 aliphatic heterocycles. The fraction of sp³-hybridized carbons (Fsp3) is 0.579. The molecule has 0 radical (unpaired) electrons. The number of imidazole rings is 1. The molecule has 5 nitrogen and oxygen atoms in total. The van der Waals surface area contributed by atoms with E-state index in [4.69, 9.17) is 9.72 Å². The van der Waals surface area contributed by atoms with Crippen LogP contribution in [0.25, 0.3) is 11.0 Å². The number of methoxy groups -OCH3 is 1. The second kappa shape index (κ2) is 8.72. The maximum Gasteiger partial charge on any atom is 0.233 e. The highest BCUT2D eigenvalue weighted by atomic mass is 32.2. The molecule has 1 aromatic carbocycles. The highest BCUT2D eigenvalue weighted by Crippen LogP contribution is 2.26. The first-order chi connectivity index (χ1) is 12.2. The van der Waals surface area contributed by atoms with Gasteiger partial charge in [0.1, 0.15) is 0 Å². The largest absolute Gasteiger partial charge is 0.383 e. The van der Waals surface area contributed by atoms with Crippen molar-refractivity contribution in [3.63, 3.8) is 0 Å². The van der Waals surface area contributed by atoms with E-state index in [1.54, 1.807) is 7.11 Å². The molecule has 0 spiro atoms. The monoisotopic (exact) mass is 361 g/mol. The van der Waals surface area contributed by atoms with Crippen LogP contribution in [0.5, 0.6) is 0 Å². The lowest BCUT2D eigenvalue weighted by Gasteiger charge is -2.31. The van der Waals surface area contributed by atoms with E-state index >= 15 is 0 Å². The number of rotatable bonds is 7. The van der Waals surface area contributed by atoms with Crippen LogP contribution in [-0.4, -0.2) is 52.9 Å². The Morgan fingerprint density at radius 2 is 2.08 bits per heavy atom. The average Bonchev–Trinajstić information content (AvgIpc) is 3.02. The molecule has 2 aromatic rings. The number of fused-ring (bicyclic) bond motifs is 1. The quantitative estimate of drug-likeness (QED) is 0.708. The van der Waals surface area contributed by atoms with Gasteiger partial charge in [-0.3, -0.25) is 4.79 Å². The number of hydrogen-bond acceptors (Lipinski definition) is 4. The molecule has 0 bridgehead atoms. The van der Waals surface area contributed by atoms with E-state index < -0.39 is 0 Å². The van der Waals surface area contributed by atoms with E-state index in [2.05, 4.69) is 10.6 Å². The zero-order chi connectivity index (χ0) is 17.6. The zero-order valence-corrected chi connectivity index (χ0v) is 15.9. The molecule has 25 heavy (non-hydrogen) atoms. The van der Waals surface area contributed by atoms with Crippen LogP contribution >= 0.6 is 11.8 Å². The molecule has 1 amide bonds. The third-order valence-corrected chi connectivity index (χ3v) is 5.94. The first-order valence-electron chi connectivity index (χ1n) is 9.03. The van der Waals surface area contributed by atoms with Crippen LogP contribution < -0.4 is 0 Å². The highest BCUT2D eigenvalue weighted by molar-refractivity contribution is 7.99. The molecule has 1 aliphatic carbocycles. The van der Waals surface area contributed by atoms with Gasteiger partial charge in [0, 0.05) is 26.7 Å². The number of amides is 1. The summed E-state index contributed by atoms with van der Waals surface area (Å²) in [5, 5.41) is 0.892. The minimum Gasteiger partial charge on any atom is -0.383 e. The Balaban J connectivity index is 1.68. The van der Waals surface area contributed by atoms with Gasteiger partial charge in [-0.05, 0) is 25.0 Å². The van der Waals surface area contributed by atoms with Crippen LogP contribution in [0.3, 0.4) is 0 Å². The van der Waals surface area contributed by atoms with Crippen molar-refractivity contribution >= 4 is 28.7 Å². The van der Waals surface area contributed by atoms with Crippen molar-refractivity contribution < 1.29 is 9.53 Å². The van der Waals surface area contributed by atoms with Gasteiger partial charge in [-0.15, -0.1) is 0 Å². The number of ether oxygens (including phenoxy) is 1. The van der Waals surface area contributed by atoms with Gasteiger partial charge < -0.3 is 14.2 Å². The number of hydrogen-bond donors (Lipinski definition) is 0. The Kier molecular flexibility index (Phi) is 6.37. The second-order valence-corrected chi connectivity index (χ2v) is 7.56. The average molecular weight is 362 g/mol. The number of thioether (sulfide) groups is 1. The number of nitrogens with zero attached hydrogens (tertiary/aromatic N) is 3. The maximum atomic E-state index is 12.6. The molecule has 6 heteroatoms. The van der Waals surface area contributed by atoms with Crippen LogP contribution in [0.1, 0.15) is 32.1 Å². The molecule has 1 aliphatic rings. The minimum atomic E-state index is 0.197. The van der Waals surface area contributed by atoms with Gasteiger partial charge >= 0.3 is 0 Å².